The van der Waals surface area contributed by atoms with Crippen LogP contribution in [0.5, 0.6) is 5.75 Å². The number of hydrogen-bond donors (Lipinski definition) is 2. The lowest BCUT2D eigenvalue weighted by molar-refractivity contribution is -0.143. The second kappa shape index (κ2) is 4.97. The maximum atomic E-state index is 11.6. The van der Waals surface area contributed by atoms with Crippen LogP contribution in [0.15, 0.2) is 28.7 Å². The van der Waals surface area contributed by atoms with Crippen molar-refractivity contribution in [1.82, 2.24) is 5.32 Å². The highest BCUT2D eigenvalue weighted by Crippen LogP contribution is 2.35. The zero-order chi connectivity index (χ0) is 13.2. The number of carbonyl (C=O) groups excluding carboxylic acids is 1. The monoisotopic (exact) mass is 313 g/mol. The van der Waals surface area contributed by atoms with Gasteiger partial charge in [0.15, 0.2) is 6.61 Å². The third-order valence-corrected chi connectivity index (χ3v) is 3.20. The van der Waals surface area contributed by atoms with E-state index in [4.69, 9.17) is 9.84 Å². The van der Waals surface area contributed by atoms with Crippen molar-refractivity contribution < 1.29 is 19.4 Å². The van der Waals surface area contributed by atoms with Gasteiger partial charge in [0.25, 0.3) is 5.91 Å². The molecule has 0 aromatic heterocycles. The van der Waals surface area contributed by atoms with Crippen molar-refractivity contribution in [3.8, 4) is 5.75 Å². The first-order valence-corrected chi connectivity index (χ1v) is 6.24. The number of carboxylic acids is 1. The minimum absolute atomic E-state index is 0.189. The molecule has 5 nitrogen and oxygen atoms in total. The Morgan fingerprint density at radius 3 is 2.72 bits per heavy atom. The summed E-state index contributed by atoms with van der Waals surface area (Å²) in [6, 6.07) is 7.09. The number of rotatable bonds is 5. The number of nitrogens with one attached hydrogen (secondary N) is 1. The Morgan fingerprint density at radius 2 is 2.17 bits per heavy atom. The summed E-state index contributed by atoms with van der Waals surface area (Å²) in [4.78, 5) is 22.4. The third-order valence-electron chi connectivity index (χ3n) is 2.70. The molecule has 0 unspecified atom stereocenters. The second-order valence-corrected chi connectivity index (χ2v) is 5.10. The van der Waals surface area contributed by atoms with Gasteiger partial charge in [0.1, 0.15) is 11.3 Å². The predicted octanol–water partition coefficient (Wildman–Crippen LogP) is 1.56. The number of carbonyl (C=O) groups is 2. The molecule has 0 bridgehead atoms. The maximum absolute atomic E-state index is 11.6. The molecule has 1 amide bonds. The van der Waals surface area contributed by atoms with Gasteiger partial charge in [-0.15, -0.1) is 0 Å². The standard InChI is InChI=1S/C12H12BrNO4/c13-8-2-1-3-9(6-8)18-7-10(15)14-12(4-5-12)11(16)17/h1-3,6H,4-5,7H2,(H,14,15)(H,16,17). The van der Waals surface area contributed by atoms with Crippen molar-refractivity contribution in [1.29, 1.82) is 0 Å². The number of ether oxygens (including phenoxy) is 1. The predicted molar refractivity (Wildman–Crippen MR) is 67.4 cm³/mol. The number of amides is 1. The zero-order valence-corrected chi connectivity index (χ0v) is 11.1. The lowest BCUT2D eigenvalue weighted by Crippen LogP contribution is -2.45. The van der Waals surface area contributed by atoms with E-state index >= 15 is 0 Å². The summed E-state index contributed by atoms with van der Waals surface area (Å²) in [5.41, 5.74) is -1.06. The fourth-order valence-corrected chi connectivity index (χ4v) is 1.90. The molecule has 1 aliphatic rings. The Morgan fingerprint density at radius 1 is 1.44 bits per heavy atom. The summed E-state index contributed by atoms with van der Waals surface area (Å²) >= 11 is 3.29. The lowest BCUT2D eigenvalue weighted by Gasteiger charge is -2.12. The summed E-state index contributed by atoms with van der Waals surface area (Å²) in [7, 11) is 0. The van der Waals surface area contributed by atoms with Crippen LogP contribution in [0.2, 0.25) is 0 Å². The summed E-state index contributed by atoms with van der Waals surface area (Å²) in [5, 5.41) is 11.4. The molecule has 0 atom stereocenters. The maximum Gasteiger partial charge on any atom is 0.329 e. The van der Waals surface area contributed by atoms with Crippen molar-refractivity contribution in [3.05, 3.63) is 28.7 Å². The molecular weight excluding hydrogens is 302 g/mol. The number of benzene rings is 1. The first kappa shape index (κ1) is 12.9. The van der Waals surface area contributed by atoms with Gasteiger partial charge in [-0.3, -0.25) is 4.79 Å². The Bertz CT molecular complexity index is 485. The van der Waals surface area contributed by atoms with Crippen LogP contribution in [0.3, 0.4) is 0 Å². The highest BCUT2D eigenvalue weighted by atomic mass is 79.9. The summed E-state index contributed by atoms with van der Waals surface area (Å²) in [6.45, 7) is -0.189. The van der Waals surface area contributed by atoms with Gasteiger partial charge in [0, 0.05) is 4.47 Å². The molecule has 1 saturated carbocycles. The molecule has 1 fully saturated rings. The van der Waals surface area contributed by atoms with E-state index in [1.807, 2.05) is 6.07 Å². The van der Waals surface area contributed by atoms with E-state index in [0.717, 1.165) is 4.47 Å². The normalized spacial score (nSPS) is 15.8. The lowest BCUT2D eigenvalue weighted by atomic mass is 10.3. The van der Waals surface area contributed by atoms with Gasteiger partial charge in [-0.1, -0.05) is 22.0 Å². The van der Waals surface area contributed by atoms with E-state index in [9.17, 15) is 9.59 Å². The van der Waals surface area contributed by atoms with Crippen molar-refractivity contribution in [2.24, 2.45) is 0 Å². The van der Waals surface area contributed by atoms with Crippen LogP contribution in [-0.4, -0.2) is 29.1 Å². The average Bonchev–Trinajstić information content (AvgIpc) is 3.08. The Labute approximate surface area is 112 Å². The quantitative estimate of drug-likeness (QED) is 0.865. The van der Waals surface area contributed by atoms with Gasteiger partial charge < -0.3 is 15.2 Å². The zero-order valence-electron chi connectivity index (χ0n) is 9.48. The minimum Gasteiger partial charge on any atom is -0.484 e. The van der Waals surface area contributed by atoms with E-state index in [2.05, 4.69) is 21.2 Å². The topological polar surface area (TPSA) is 75.6 Å². The van der Waals surface area contributed by atoms with Crippen LogP contribution in [-0.2, 0) is 9.59 Å². The van der Waals surface area contributed by atoms with E-state index in [1.165, 1.54) is 0 Å². The Hall–Kier alpha value is -1.56. The van der Waals surface area contributed by atoms with Gasteiger partial charge in [-0.05, 0) is 31.0 Å². The molecule has 96 valence electrons. The van der Waals surface area contributed by atoms with Crippen LogP contribution in [0.4, 0.5) is 0 Å². The largest absolute Gasteiger partial charge is 0.484 e. The second-order valence-electron chi connectivity index (χ2n) is 4.18. The Balaban J connectivity index is 1.84. The summed E-state index contributed by atoms with van der Waals surface area (Å²) < 4.78 is 6.12. The molecular formula is C12H12BrNO4. The molecule has 0 aliphatic heterocycles. The van der Waals surface area contributed by atoms with E-state index < -0.39 is 17.4 Å². The van der Waals surface area contributed by atoms with Crippen LogP contribution >= 0.6 is 15.9 Å². The number of aliphatic carboxylic acids is 1. The van der Waals surface area contributed by atoms with Gasteiger partial charge in [-0.2, -0.15) is 0 Å². The van der Waals surface area contributed by atoms with Gasteiger partial charge in [0.2, 0.25) is 0 Å². The first-order chi connectivity index (χ1) is 8.52. The highest BCUT2D eigenvalue weighted by molar-refractivity contribution is 9.10. The smallest absolute Gasteiger partial charge is 0.329 e. The molecule has 1 aromatic rings. The molecule has 2 N–H and O–H groups in total. The van der Waals surface area contributed by atoms with E-state index in [0.29, 0.717) is 18.6 Å². The Kier molecular flexibility index (Phi) is 3.56. The molecule has 0 spiro atoms. The van der Waals surface area contributed by atoms with Gasteiger partial charge >= 0.3 is 5.97 Å². The molecule has 1 aromatic carbocycles. The fraction of sp³-hybridized carbons (Fsp3) is 0.333. The molecule has 2 rings (SSSR count). The van der Waals surface area contributed by atoms with Crippen molar-refractivity contribution in [2.45, 2.75) is 18.4 Å². The SMILES string of the molecule is O=C(COc1cccc(Br)c1)NC1(C(=O)O)CC1. The van der Waals surface area contributed by atoms with Crippen LogP contribution in [0.1, 0.15) is 12.8 Å². The van der Waals surface area contributed by atoms with Gasteiger partial charge in [0.05, 0.1) is 0 Å². The fourth-order valence-electron chi connectivity index (χ4n) is 1.53. The highest BCUT2D eigenvalue weighted by Gasteiger charge is 2.51. The van der Waals surface area contributed by atoms with Crippen molar-refractivity contribution in [2.75, 3.05) is 6.61 Å². The molecule has 0 radical (unpaired) electrons. The van der Waals surface area contributed by atoms with E-state index in [-0.39, 0.29) is 6.61 Å². The number of carboxylic acid groups (broad SMARTS) is 1. The first-order valence-electron chi connectivity index (χ1n) is 5.45. The van der Waals surface area contributed by atoms with Crippen LogP contribution in [0.25, 0.3) is 0 Å². The molecule has 1 aliphatic carbocycles. The van der Waals surface area contributed by atoms with E-state index in [1.54, 1.807) is 18.2 Å². The van der Waals surface area contributed by atoms with Crippen LogP contribution in [0, 0.1) is 0 Å². The van der Waals surface area contributed by atoms with Crippen molar-refractivity contribution >= 4 is 27.8 Å². The molecule has 6 heteroatoms. The molecule has 0 heterocycles. The summed E-state index contributed by atoms with van der Waals surface area (Å²) in [5.74, 6) is -0.854. The van der Waals surface area contributed by atoms with Crippen LogP contribution < -0.4 is 10.1 Å². The molecule has 0 saturated heterocycles. The third kappa shape index (κ3) is 3.01. The van der Waals surface area contributed by atoms with Crippen molar-refractivity contribution in [3.63, 3.8) is 0 Å². The minimum atomic E-state index is -1.06. The molecule has 18 heavy (non-hydrogen) atoms. The average molecular weight is 314 g/mol. The van der Waals surface area contributed by atoms with Gasteiger partial charge in [-0.25, -0.2) is 4.79 Å². The number of hydrogen-bond acceptors (Lipinski definition) is 3. The summed E-state index contributed by atoms with van der Waals surface area (Å²) in [6.07, 6.45) is 0.954. The number of halogens is 1.